The van der Waals surface area contributed by atoms with E-state index in [2.05, 4.69) is 26.0 Å². The third-order valence-corrected chi connectivity index (χ3v) is 11.4. The van der Waals surface area contributed by atoms with Gasteiger partial charge in [-0.25, -0.2) is 0 Å². The van der Waals surface area contributed by atoms with Crippen LogP contribution in [0.2, 0.25) is 0 Å². The molecule has 7 nitrogen and oxygen atoms in total. The van der Waals surface area contributed by atoms with E-state index in [-0.39, 0.29) is 42.6 Å². The Labute approximate surface area is 209 Å². The van der Waals surface area contributed by atoms with E-state index in [1.807, 2.05) is 20.8 Å². The SMILES string of the molecule is C[C@H](/C=C/[C@@H](C)[C@H](C)CO)[C@H]1[C@@H](O)[C@@H](O)[C@@H]2[C@]1(C)CC[C@@H]1[C@@]3(C)CC[C@H](O)[C@H](O)[C@@H]3[C@@H](O)C[C@]12O. The van der Waals surface area contributed by atoms with Gasteiger partial charge < -0.3 is 35.7 Å². The Morgan fingerprint density at radius 2 is 1.46 bits per heavy atom. The minimum atomic E-state index is -1.38. The summed E-state index contributed by atoms with van der Waals surface area (Å²) in [4.78, 5) is 0. The van der Waals surface area contributed by atoms with Gasteiger partial charge in [-0.15, -0.1) is 0 Å². The van der Waals surface area contributed by atoms with Crippen molar-refractivity contribution in [2.24, 2.45) is 52.3 Å². The molecule has 0 amide bonds. The lowest BCUT2D eigenvalue weighted by Crippen LogP contribution is -2.71. The summed E-state index contributed by atoms with van der Waals surface area (Å²) in [6.07, 6.45) is 1.53. The highest BCUT2D eigenvalue weighted by Gasteiger charge is 2.73. The highest BCUT2D eigenvalue weighted by molar-refractivity contribution is 5.23. The fraction of sp³-hybridized carbons (Fsp3) is 0.929. The first-order valence-corrected chi connectivity index (χ1v) is 13.7. The molecule has 15 atom stereocenters. The zero-order valence-corrected chi connectivity index (χ0v) is 22.0. The van der Waals surface area contributed by atoms with Crippen LogP contribution in [0.3, 0.4) is 0 Å². The average Bonchev–Trinajstić information content (AvgIpc) is 2.99. The number of rotatable bonds is 5. The lowest BCUT2D eigenvalue weighted by Gasteiger charge is -2.66. The zero-order chi connectivity index (χ0) is 26.1. The molecular weight excluding hydrogens is 448 g/mol. The maximum Gasteiger partial charge on any atom is 0.0863 e. The minimum absolute atomic E-state index is 0.0216. The molecule has 0 saturated heterocycles. The van der Waals surface area contributed by atoms with Gasteiger partial charge >= 0.3 is 0 Å². The molecule has 0 aromatic carbocycles. The van der Waals surface area contributed by atoms with Gasteiger partial charge in [0.15, 0.2) is 0 Å². The van der Waals surface area contributed by atoms with Gasteiger partial charge in [0.25, 0.3) is 0 Å². The van der Waals surface area contributed by atoms with Crippen molar-refractivity contribution < 1.29 is 35.7 Å². The van der Waals surface area contributed by atoms with E-state index >= 15 is 0 Å². The minimum Gasteiger partial charge on any atom is -0.396 e. The van der Waals surface area contributed by atoms with E-state index in [0.29, 0.717) is 19.3 Å². The van der Waals surface area contributed by atoms with Crippen molar-refractivity contribution in [2.75, 3.05) is 6.61 Å². The van der Waals surface area contributed by atoms with Crippen LogP contribution >= 0.6 is 0 Å². The van der Waals surface area contributed by atoms with Crippen LogP contribution in [0.1, 0.15) is 66.7 Å². The number of fused-ring (bicyclic) bond motifs is 5. The van der Waals surface area contributed by atoms with Gasteiger partial charge in [0.2, 0.25) is 0 Å². The van der Waals surface area contributed by atoms with E-state index < -0.39 is 58.8 Å². The van der Waals surface area contributed by atoms with Crippen LogP contribution in [0.25, 0.3) is 0 Å². The number of aliphatic hydroxyl groups excluding tert-OH is 6. The first kappa shape index (κ1) is 27.5. The summed E-state index contributed by atoms with van der Waals surface area (Å²) in [6.45, 7) is 10.3. The number of allylic oxidation sites excluding steroid dienone is 2. The average molecular weight is 497 g/mol. The molecule has 202 valence electrons. The summed E-state index contributed by atoms with van der Waals surface area (Å²) < 4.78 is 0. The molecule has 0 aromatic rings. The van der Waals surface area contributed by atoms with Crippen molar-refractivity contribution in [2.45, 2.75) is 103 Å². The fourth-order valence-electron chi connectivity index (χ4n) is 9.38. The Bertz CT molecular complexity index is 804. The second-order valence-electron chi connectivity index (χ2n) is 13.2. The number of aliphatic hydroxyl groups is 7. The zero-order valence-electron chi connectivity index (χ0n) is 22.0. The quantitative estimate of drug-likeness (QED) is 0.286. The maximum absolute atomic E-state index is 12.3. The molecule has 4 fully saturated rings. The van der Waals surface area contributed by atoms with Crippen molar-refractivity contribution in [3.05, 3.63) is 12.2 Å². The van der Waals surface area contributed by atoms with E-state index in [9.17, 15) is 35.7 Å². The van der Waals surface area contributed by atoms with Crippen LogP contribution in [0, 0.1) is 52.3 Å². The van der Waals surface area contributed by atoms with Crippen LogP contribution in [0.5, 0.6) is 0 Å². The van der Waals surface area contributed by atoms with Gasteiger partial charge in [-0.1, -0.05) is 46.8 Å². The molecule has 0 aliphatic heterocycles. The molecule has 4 rings (SSSR count). The molecule has 4 aliphatic carbocycles. The van der Waals surface area contributed by atoms with Gasteiger partial charge in [0.05, 0.1) is 36.1 Å². The molecule has 0 radical (unpaired) electrons. The monoisotopic (exact) mass is 496 g/mol. The van der Waals surface area contributed by atoms with Crippen molar-refractivity contribution >= 4 is 0 Å². The molecular formula is C28H48O7. The van der Waals surface area contributed by atoms with E-state index in [0.717, 1.165) is 6.42 Å². The number of hydrogen-bond acceptors (Lipinski definition) is 7. The summed E-state index contributed by atoms with van der Waals surface area (Å²) in [5, 5.41) is 76.8. The summed E-state index contributed by atoms with van der Waals surface area (Å²) in [7, 11) is 0. The Morgan fingerprint density at radius 1 is 0.829 bits per heavy atom. The van der Waals surface area contributed by atoms with Gasteiger partial charge in [-0.2, -0.15) is 0 Å². The molecule has 7 heteroatoms. The van der Waals surface area contributed by atoms with Gasteiger partial charge in [-0.05, 0) is 66.1 Å². The molecule has 0 heterocycles. The first-order valence-electron chi connectivity index (χ1n) is 13.7. The van der Waals surface area contributed by atoms with Gasteiger partial charge in [-0.3, -0.25) is 0 Å². The third kappa shape index (κ3) is 3.96. The van der Waals surface area contributed by atoms with Crippen LogP contribution in [0.4, 0.5) is 0 Å². The predicted octanol–water partition coefficient (Wildman–Crippen LogP) is 1.46. The summed E-state index contributed by atoms with van der Waals surface area (Å²) in [5.41, 5.74) is -2.48. The number of hydrogen-bond donors (Lipinski definition) is 7. The molecule has 4 aliphatic rings. The van der Waals surface area contributed by atoms with Gasteiger partial charge in [0, 0.05) is 24.9 Å². The normalized spacial score (nSPS) is 54.6. The lowest BCUT2D eigenvalue weighted by atomic mass is 9.41. The highest BCUT2D eigenvalue weighted by atomic mass is 16.3. The highest BCUT2D eigenvalue weighted by Crippen LogP contribution is 2.69. The molecule has 4 saturated carbocycles. The Morgan fingerprint density at radius 3 is 2.09 bits per heavy atom. The van der Waals surface area contributed by atoms with E-state index in [1.54, 1.807) is 0 Å². The Balaban J connectivity index is 1.67. The van der Waals surface area contributed by atoms with Gasteiger partial charge in [0.1, 0.15) is 0 Å². The third-order valence-electron chi connectivity index (χ3n) is 11.4. The first-order chi connectivity index (χ1) is 16.2. The summed E-state index contributed by atoms with van der Waals surface area (Å²) >= 11 is 0. The molecule has 0 spiro atoms. The van der Waals surface area contributed by atoms with Crippen LogP contribution in [-0.2, 0) is 0 Å². The standard InChI is InChI=1S/C28H48O7/c1-14(16(3)13-29)6-7-15(2)20-23(33)24(34)25-27(20,5)11-9-19-26(4)10-8-17(30)22(32)21(26)18(31)12-28(19,25)35/h6-7,14-25,29-35H,8-13H2,1-5H3/b7-6+/t14-,15-,16-,17+,18+,19-,20+,21+,22+,23-,24-,25-,26-,27-,28+/m1/s1. The van der Waals surface area contributed by atoms with Crippen molar-refractivity contribution in [1.29, 1.82) is 0 Å². The lowest BCUT2D eigenvalue weighted by molar-refractivity contribution is -0.280. The molecule has 0 unspecified atom stereocenters. The predicted molar refractivity (Wildman–Crippen MR) is 132 cm³/mol. The second-order valence-corrected chi connectivity index (χ2v) is 13.2. The second kappa shape index (κ2) is 9.33. The molecule has 35 heavy (non-hydrogen) atoms. The van der Waals surface area contributed by atoms with Crippen LogP contribution in [0.15, 0.2) is 12.2 Å². The molecule has 0 aromatic heterocycles. The smallest absolute Gasteiger partial charge is 0.0863 e. The van der Waals surface area contributed by atoms with Crippen LogP contribution in [-0.4, -0.2) is 78.5 Å². The van der Waals surface area contributed by atoms with Crippen molar-refractivity contribution in [1.82, 2.24) is 0 Å². The summed E-state index contributed by atoms with van der Waals surface area (Å²) in [6, 6.07) is 0. The fourth-order valence-corrected chi connectivity index (χ4v) is 9.38. The van der Waals surface area contributed by atoms with Crippen LogP contribution < -0.4 is 0 Å². The Hall–Kier alpha value is -0.540. The van der Waals surface area contributed by atoms with Crippen molar-refractivity contribution in [3.8, 4) is 0 Å². The maximum atomic E-state index is 12.3. The topological polar surface area (TPSA) is 142 Å². The molecule has 7 N–H and O–H groups in total. The van der Waals surface area contributed by atoms with Crippen molar-refractivity contribution in [3.63, 3.8) is 0 Å². The van der Waals surface area contributed by atoms with E-state index in [1.165, 1.54) is 0 Å². The largest absolute Gasteiger partial charge is 0.396 e. The summed E-state index contributed by atoms with van der Waals surface area (Å²) in [5.74, 6) is -1.40. The molecule has 0 bridgehead atoms. The van der Waals surface area contributed by atoms with E-state index in [4.69, 9.17) is 0 Å². The Kier molecular flexibility index (Phi) is 7.33.